The molecule has 3 N–H and O–H groups in total. The van der Waals surface area contributed by atoms with Crippen molar-refractivity contribution in [2.45, 2.75) is 33.7 Å². The maximum atomic E-state index is 5.73. The number of aryl methyl sites for hydroxylation is 2. The van der Waals surface area contributed by atoms with E-state index in [-0.39, 0.29) is 24.0 Å². The fourth-order valence-electron chi connectivity index (χ4n) is 1.52. The van der Waals surface area contributed by atoms with Crippen molar-refractivity contribution < 1.29 is 0 Å². The third-order valence-electron chi connectivity index (χ3n) is 2.62. The number of hydrogen-bond acceptors (Lipinski definition) is 2. The highest BCUT2D eigenvalue weighted by atomic mass is 127. The van der Waals surface area contributed by atoms with E-state index in [9.17, 15) is 0 Å². The number of hydrogen-bond donors (Lipinski definition) is 2. The smallest absolute Gasteiger partial charge is 0.188 e. The van der Waals surface area contributed by atoms with Crippen molar-refractivity contribution in [1.29, 1.82) is 0 Å². The number of nitrogens with two attached hydrogens (primary N) is 1. The largest absolute Gasteiger partial charge is 0.370 e. The first-order valence-electron chi connectivity index (χ1n) is 5.59. The Morgan fingerprint density at radius 1 is 1.47 bits per heavy atom. The van der Waals surface area contributed by atoms with E-state index in [2.05, 4.69) is 22.3 Å². The number of aromatic nitrogens is 2. The van der Waals surface area contributed by atoms with Gasteiger partial charge in [-0.25, -0.2) is 4.99 Å². The van der Waals surface area contributed by atoms with Gasteiger partial charge in [-0.1, -0.05) is 6.92 Å². The molecule has 0 amide bonds. The van der Waals surface area contributed by atoms with E-state index in [1.807, 2.05) is 25.6 Å². The molecule has 0 unspecified atom stereocenters. The van der Waals surface area contributed by atoms with Crippen LogP contribution in [0.5, 0.6) is 0 Å². The summed E-state index contributed by atoms with van der Waals surface area (Å²) in [5.74, 6) is 0.504. The summed E-state index contributed by atoms with van der Waals surface area (Å²) in [6, 6.07) is 0. The quantitative estimate of drug-likeness (QED) is 0.490. The zero-order valence-electron chi connectivity index (χ0n) is 10.9. The van der Waals surface area contributed by atoms with Crippen LogP contribution in [0.15, 0.2) is 4.99 Å². The molecule has 0 atom stereocenters. The Morgan fingerprint density at radius 2 is 2.12 bits per heavy atom. The Labute approximate surface area is 120 Å². The highest BCUT2D eigenvalue weighted by Gasteiger charge is 2.08. The second-order valence-corrected chi connectivity index (χ2v) is 3.90. The predicted octanol–water partition coefficient (Wildman–Crippen LogP) is 1.47. The first kappa shape index (κ1) is 16.2. The highest BCUT2D eigenvalue weighted by Crippen LogP contribution is 2.12. The molecule has 0 aliphatic heterocycles. The topological polar surface area (TPSA) is 68.2 Å². The maximum absolute atomic E-state index is 5.73. The van der Waals surface area contributed by atoms with Crippen molar-refractivity contribution in [3.8, 4) is 0 Å². The Kier molecular flexibility index (Phi) is 7.17. The lowest BCUT2D eigenvalue weighted by Gasteiger charge is -2.03. The van der Waals surface area contributed by atoms with Crippen LogP contribution in [-0.4, -0.2) is 22.3 Å². The third kappa shape index (κ3) is 4.53. The van der Waals surface area contributed by atoms with Crippen LogP contribution in [0.2, 0.25) is 0 Å². The summed E-state index contributed by atoms with van der Waals surface area (Å²) in [4.78, 5) is 4.30. The zero-order chi connectivity index (χ0) is 12.1. The van der Waals surface area contributed by atoms with Gasteiger partial charge < -0.3 is 11.1 Å². The van der Waals surface area contributed by atoms with Gasteiger partial charge in [-0.3, -0.25) is 4.68 Å². The van der Waals surface area contributed by atoms with Crippen LogP contribution in [0, 0.1) is 13.8 Å². The van der Waals surface area contributed by atoms with Crippen LogP contribution >= 0.6 is 24.0 Å². The van der Waals surface area contributed by atoms with Gasteiger partial charge in [0.15, 0.2) is 5.96 Å². The molecule has 0 fully saturated rings. The van der Waals surface area contributed by atoms with E-state index in [1.54, 1.807) is 0 Å². The average Bonchev–Trinajstić information content (AvgIpc) is 2.48. The van der Waals surface area contributed by atoms with Gasteiger partial charge in [0, 0.05) is 24.8 Å². The van der Waals surface area contributed by atoms with E-state index in [1.165, 1.54) is 0 Å². The molecule has 0 saturated heterocycles. The fourth-order valence-corrected chi connectivity index (χ4v) is 1.52. The van der Waals surface area contributed by atoms with Crippen LogP contribution < -0.4 is 11.1 Å². The molecule has 0 aliphatic carbocycles. The van der Waals surface area contributed by atoms with Crippen molar-refractivity contribution in [2.24, 2.45) is 17.8 Å². The van der Waals surface area contributed by atoms with E-state index in [0.29, 0.717) is 12.5 Å². The molecule has 0 aromatic carbocycles. The molecular formula is C11H22IN5. The SMILES string of the molecule is CCCNC(N)=NCc1c(C)nn(C)c1C.I. The number of halogens is 1. The first-order valence-corrected chi connectivity index (χ1v) is 5.59. The van der Waals surface area contributed by atoms with Gasteiger partial charge in [0.1, 0.15) is 0 Å². The monoisotopic (exact) mass is 351 g/mol. The summed E-state index contributed by atoms with van der Waals surface area (Å²) >= 11 is 0. The minimum absolute atomic E-state index is 0. The van der Waals surface area contributed by atoms with Crippen LogP contribution in [0.3, 0.4) is 0 Å². The Morgan fingerprint density at radius 3 is 2.59 bits per heavy atom. The van der Waals surface area contributed by atoms with E-state index < -0.39 is 0 Å². The van der Waals surface area contributed by atoms with Crippen LogP contribution in [0.4, 0.5) is 0 Å². The van der Waals surface area contributed by atoms with Crippen molar-refractivity contribution in [3.05, 3.63) is 17.0 Å². The molecule has 0 bridgehead atoms. The molecule has 1 aromatic heterocycles. The normalized spacial score (nSPS) is 11.2. The minimum atomic E-state index is 0. The molecule has 1 aromatic rings. The standard InChI is InChI=1S/C11H21N5.HI/c1-5-6-13-11(12)14-7-10-8(2)15-16(4)9(10)3;/h5-7H2,1-4H3,(H3,12,13,14);1H. The lowest BCUT2D eigenvalue weighted by atomic mass is 10.2. The molecule has 0 radical (unpaired) electrons. The summed E-state index contributed by atoms with van der Waals surface area (Å²) in [7, 11) is 1.94. The van der Waals surface area contributed by atoms with Gasteiger partial charge >= 0.3 is 0 Å². The van der Waals surface area contributed by atoms with E-state index >= 15 is 0 Å². The van der Waals surface area contributed by atoms with Crippen molar-refractivity contribution >= 4 is 29.9 Å². The van der Waals surface area contributed by atoms with Crippen molar-refractivity contribution in [2.75, 3.05) is 6.54 Å². The molecular weight excluding hydrogens is 329 g/mol. The van der Waals surface area contributed by atoms with Gasteiger partial charge in [-0.05, 0) is 20.3 Å². The lowest BCUT2D eigenvalue weighted by molar-refractivity contribution is 0.730. The Bertz CT molecular complexity index is 383. The van der Waals surface area contributed by atoms with Gasteiger partial charge in [0.2, 0.25) is 0 Å². The summed E-state index contributed by atoms with van der Waals surface area (Å²) in [6.07, 6.45) is 1.04. The Balaban J connectivity index is 0.00000256. The molecule has 6 heteroatoms. The molecule has 0 saturated carbocycles. The van der Waals surface area contributed by atoms with E-state index in [0.717, 1.165) is 29.9 Å². The molecule has 17 heavy (non-hydrogen) atoms. The molecule has 0 aliphatic rings. The van der Waals surface area contributed by atoms with Gasteiger partial charge in [0.25, 0.3) is 0 Å². The average molecular weight is 351 g/mol. The second-order valence-electron chi connectivity index (χ2n) is 3.90. The van der Waals surface area contributed by atoms with Crippen LogP contribution in [0.25, 0.3) is 0 Å². The number of nitrogens with zero attached hydrogens (tertiary/aromatic N) is 3. The van der Waals surface area contributed by atoms with E-state index in [4.69, 9.17) is 5.73 Å². The number of guanidine groups is 1. The van der Waals surface area contributed by atoms with Crippen LogP contribution in [0.1, 0.15) is 30.3 Å². The minimum Gasteiger partial charge on any atom is -0.370 e. The lowest BCUT2D eigenvalue weighted by Crippen LogP contribution is -2.32. The fraction of sp³-hybridized carbons (Fsp3) is 0.636. The molecule has 1 heterocycles. The second kappa shape index (κ2) is 7.52. The number of aliphatic imine (C=N–C) groups is 1. The Hall–Kier alpha value is -0.790. The summed E-state index contributed by atoms with van der Waals surface area (Å²) in [6.45, 7) is 7.58. The molecule has 5 nitrogen and oxygen atoms in total. The van der Waals surface area contributed by atoms with Gasteiger partial charge in [-0.15, -0.1) is 24.0 Å². The van der Waals surface area contributed by atoms with Gasteiger partial charge in [-0.2, -0.15) is 5.10 Å². The summed E-state index contributed by atoms with van der Waals surface area (Å²) in [5, 5.41) is 7.39. The van der Waals surface area contributed by atoms with Gasteiger partial charge in [0.05, 0.1) is 12.2 Å². The predicted molar refractivity (Wildman–Crippen MR) is 81.7 cm³/mol. The molecule has 1 rings (SSSR count). The van der Waals surface area contributed by atoms with Crippen LogP contribution in [-0.2, 0) is 13.6 Å². The molecule has 98 valence electrons. The zero-order valence-corrected chi connectivity index (χ0v) is 13.3. The first-order chi connectivity index (χ1) is 7.56. The maximum Gasteiger partial charge on any atom is 0.188 e. The number of rotatable bonds is 4. The number of nitrogens with one attached hydrogen (secondary N) is 1. The summed E-state index contributed by atoms with van der Waals surface area (Å²) < 4.78 is 1.87. The van der Waals surface area contributed by atoms with Crippen molar-refractivity contribution in [1.82, 2.24) is 15.1 Å². The summed E-state index contributed by atoms with van der Waals surface area (Å²) in [5.41, 5.74) is 9.05. The third-order valence-corrected chi connectivity index (χ3v) is 2.62. The highest BCUT2D eigenvalue weighted by molar-refractivity contribution is 14.0. The molecule has 0 spiro atoms. The van der Waals surface area contributed by atoms with Crippen molar-refractivity contribution in [3.63, 3.8) is 0 Å².